The van der Waals surface area contributed by atoms with E-state index in [2.05, 4.69) is 33.8 Å². The summed E-state index contributed by atoms with van der Waals surface area (Å²) in [5.74, 6) is 0.127. The first kappa shape index (κ1) is 21.4. The molecule has 0 saturated heterocycles. The summed E-state index contributed by atoms with van der Waals surface area (Å²) in [6.45, 7) is 8.26. The number of aliphatic hydroxyl groups excluding tert-OH is 1. The van der Waals surface area contributed by atoms with Crippen LogP contribution in [0.25, 0.3) is 0 Å². The number of aliphatic hydroxyl groups is 1. The molecule has 3 atom stereocenters. The van der Waals surface area contributed by atoms with Gasteiger partial charge < -0.3 is 14.9 Å². The van der Waals surface area contributed by atoms with Gasteiger partial charge in [0.05, 0.1) is 12.2 Å². The van der Waals surface area contributed by atoms with Crippen LogP contribution in [0.4, 0.5) is 0 Å². The summed E-state index contributed by atoms with van der Waals surface area (Å²) in [5, 5.41) is 20.2. The van der Waals surface area contributed by atoms with E-state index in [1.807, 2.05) is 6.08 Å². The van der Waals surface area contributed by atoms with E-state index in [0.717, 1.165) is 12.8 Å². The van der Waals surface area contributed by atoms with Gasteiger partial charge in [0.25, 0.3) is 0 Å². The third kappa shape index (κ3) is 6.33. The number of ketones is 1. The number of ether oxygens (including phenoxy) is 1. The second-order valence-electron chi connectivity index (χ2n) is 7.94. The van der Waals surface area contributed by atoms with Gasteiger partial charge in [0, 0.05) is 11.5 Å². The lowest BCUT2D eigenvalue weighted by Crippen LogP contribution is -2.38. The van der Waals surface area contributed by atoms with Gasteiger partial charge in [-0.25, -0.2) is 0 Å². The van der Waals surface area contributed by atoms with Crippen molar-refractivity contribution in [3.63, 3.8) is 0 Å². The third-order valence-corrected chi connectivity index (χ3v) is 5.22. The quantitative estimate of drug-likeness (QED) is 0.582. The predicted octanol–water partition coefficient (Wildman–Crippen LogP) is 4.67. The number of hydrogen-bond acceptors (Lipinski definition) is 4. The van der Waals surface area contributed by atoms with Crippen molar-refractivity contribution in [3.05, 3.63) is 53.1 Å². The molecule has 2 N–H and O–H groups in total. The minimum absolute atomic E-state index is 0.0403. The standard InChI is InChI=1S/C23H32O4/c1-15(2)23-20(25)12-16(3)6-5-7-17(4)13-22(23)27-14-21(26)18-8-10-19(24)11-9-18/h7-12,15,20,22-25H,5-6,13-14H2,1-4H3/b16-12+,17-7-/t20-,22+,23+/m0/s1. The van der Waals surface area contributed by atoms with Crippen molar-refractivity contribution in [3.8, 4) is 5.75 Å². The molecule has 1 aliphatic rings. The van der Waals surface area contributed by atoms with Gasteiger partial charge in [-0.05, 0) is 63.3 Å². The average Bonchev–Trinajstić information content (AvgIpc) is 2.59. The Hall–Kier alpha value is -1.91. The molecule has 27 heavy (non-hydrogen) atoms. The van der Waals surface area contributed by atoms with E-state index in [1.165, 1.54) is 23.3 Å². The maximum Gasteiger partial charge on any atom is 0.188 e. The molecule has 0 saturated carbocycles. The Morgan fingerprint density at radius 2 is 1.85 bits per heavy atom. The molecule has 0 aromatic heterocycles. The zero-order valence-corrected chi connectivity index (χ0v) is 16.8. The molecule has 0 bridgehead atoms. The summed E-state index contributed by atoms with van der Waals surface area (Å²) < 4.78 is 6.07. The van der Waals surface area contributed by atoms with E-state index in [-0.39, 0.29) is 36.1 Å². The lowest BCUT2D eigenvalue weighted by molar-refractivity contribution is -0.0348. The number of allylic oxidation sites excluding steroid dienone is 2. The fraction of sp³-hybridized carbons (Fsp3) is 0.522. The fourth-order valence-corrected chi connectivity index (χ4v) is 3.70. The van der Waals surface area contributed by atoms with E-state index in [9.17, 15) is 15.0 Å². The van der Waals surface area contributed by atoms with Crippen molar-refractivity contribution in [2.24, 2.45) is 11.8 Å². The van der Waals surface area contributed by atoms with E-state index in [0.29, 0.717) is 12.0 Å². The van der Waals surface area contributed by atoms with Crippen LogP contribution < -0.4 is 0 Å². The van der Waals surface area contributed by atoms with E-state index >= 15 is 0 Å². The molecule has 4 nitrogen and oxygen atoms in total. The van der Waals surface area contributed by atoms with Gasteiger partial charge in [-0.15, -0.1) is 0 Å². The van der Waals surface area contributed by atoms with Crippen molar-refractivity contribution in [2.45, 2.75) is 59.2 Å². The molecule has 1 aromatic carbocycles. The monoisotopic (exact) mass is 372 g/mol. The molecule has 2 rings (SSSR count). The van der Waals surface area contributed by atoms with Gasteiger partial charge in [0.15, 0.2) is 5.78 Å². The third-order valence-electron chi connectivity index (χ3n) is 5.22. The van der Waals surface area contributed by atoms with E-state index < -0.39 is 6.10 Å². The van der Waals surface area contributed by atoms with Crippen molar-refractivity contribution < 1.29 is 19.7 Å². The second kappa shape index (κ2) is 9.86. The largest absolute Gasteiger partial charge is 0.508 e. The number of Topliss-reactive ketones (excluding diaryl/α,β-unsaturated/α-hetero) is 1. The molecule has 0 spiro atoms. The number of phenolic OH excluding ortho intramolecular Hbond substituents is 1. The van der Waals surface area contributed by atoms with Gasteiger partial charge in [0.1, 0.15) is 12.4 Å². The Labute approximate surface area is 162 Å². The number of carbonyl (C=O) groups is 1. The summed E-state index contributed by atoms with van der Waals surface area (Å²) in [6.07, 6.45) is 5.94. The molecule has 0 amide bonds. The Kier molecular flexibility index (Phi) is 7.81. The zero-order chi connectivity index (χ0) is 20.0. The molecule has 0 radical (unpaired) electrons. The highest BCUT2D eigenvalue weighted by Gasteiger charge is 2.32. The lowest BCUT2D eigenvalue weighted by Gasteiger charge is -2.34. The number of benzene rings is 1. The van der Waals surface area contributed by atoms with E-state index in [1.54, 1.807) is 12.1 Å². The van der Waals surface area contributed by atoms with Gasteiger partial charge in [-0.1, -0.05) is 37.1 Å². The first-order valence-corrected chi connectivity index (χ1v) is 9.72. The van der Waals surface area contributed by atoms with Crippen LogP contribution in [0.5, 0.6) is 5.75 Å². The Balaban J connectivity index is 2.18. The smallest absolute Gasteiger partial charge is 0.188 e. The normalized spacial score (nSPS) is 28.1. The Morgan fingerprint density at radius 1 is 1.19 bits per heavy atom. The number of aromatic hydroxyl groups is 1. The van der Waals surface area contributed by atoms with Crippen molar-refractivity contribution >= 4 is 5.78 Å². The fourth-order valence-electron chi connectivity index (χ4n) is 3.70. The Morgan fingerprint density at radius 3 is 2.48 bits per heavy atom. The summed E-state index contributed by atoms with van der Waals surface area (Å²) in [6, 6.07) is 6.19. The highest BCUT2D eigenvalue weighted by Crippen LogP contribution is 2.30. The minimum Gasteiger partial charge on any atom is -0.508 e. The van der Waals surface area contributed by atoms with Crippen molar-refractivity contribution in [1.82, 2.24) is 0 Å². The van der Waals surface area contributed by atoms with Crippen molar-refractivity contribution in [2.75, 3.05) is 6.61 Å². The molecule has 0 heterocycles. The summed E-state index contributed by atoms with van der Waals surface area (Å²) in [5.41, 5.74) is 2.92. The maximum absolute atomic E-state index is 12.5. The number of rotatable bonds is 5. The van der Waals surface area contributed by atoms with Gasteiger partial charge in [-0.3, -0.25) is 4.79 Å². The molecule has 0 unspecified atom stereocenters. The maximum atomic E-state index is 12.5. The van der Waals surface area contributed by atoms with Crippen LogP contribution in [0.1, 0.15) is 57.3 Å². The Bertz CT molecular complexity index is 685. The molecule has 1 aliphatic carbocycles. The number of phenols is 1. The first-order valence-electron chi connectivity index (χ1n) is 9.72. The molecule has 1 aromatic rings. The second-order valence-corrected chi connectivity index (χ2v) is 7.94. The van der Waals surface area contributed by atoms with Crippen LogP contribution in [0.2, 0.25) is 0 Å². The SMILES string of the molecule is C/C1=C/CC/C(C)=C/[C@H](O)[C@@H](C(C)C)[C@H](OCC(=O)c2ccc(O)cc2)C1. The number of carbonyl (C=O) groups excluding carboxylic acids is 1. The first-order chi connectivity index (χ1) is 12.8. The van der Waals surface area contributed by atoms with Crippen LogP contribution in [-0.2, 0) is 4.74 Å². The van der Waals surface area contributed by atoms with E-state index in [4.69, 9.17) is 4.74 Å². The summed E-state index contributed by atoms with van der Waals surface area (Å²) in [4.78, 5) is 12.5. The molecule has 4 heteroatoms. The topological polar surface area (TPSA) is 66.8 Å². The molecule has 0 fully saturated rings. The van der Waals surface area contributed by atoms with Crippen LogP contribution in [0, 0.1) is 11.8 Å². The number of hydrogen-bond donors (Lipinski definition) is 2. The molecule has 0 aliphatic heterocycles. The van der Waals surface area contributed by atoms with Crippen LogP contribution in [-0.4, -0.2) is 34.8 Å². The van der Waals surface area contributed by atoms with Gasteiger partial charge >= 0.3 is 0 Å². The molecular formula is C23H32O4. The van der Waals surface area contributed by atoms with Crippen molar-refractivity contribution in [1.29, 1.82) is 0 Å². The zero-order valence-electron chi connectivity index (χ0n) is 16.8. The molecule has 148 valence electrons. The summed E-state index contributed by atoms with van der Waals surface area (Å²) in [7, 11) is 0. The minimum atomic E-state index is -0.593. The highest BCUT2D eigenvalue weighted by atomic mass is 16.5. The highest BCUT2D eigenvalue weighted by molar-refractivity contribution is 5.97. The lowest BCUT2D eigenvalue weighted by atomic mass is 9.81. The van der Waals surface area contributed by atoms with Gasteiger partial charge in [0.2, 0.25) is 0 Å². The predicted molar refractivity (Wildman–Crippen MR) is 108 cm³/mol. The summed E-state index contributed by atoms with van der Waals surface area (Å²) >= 11 is 0. The molecular weight excluding hydrogens is 340 g/mol. The van der Waals surface area contributed by atoms with Crippen LogP contribution in [0.3, 0.4) is 0 Å². The van der Waals surface area contributed by atoms with Gasteiger partial charge in [-0.2, -0.15) is 0 Å². The van der Waals surface area contributed by atoms with Crippen LogP contribution in [0.15, 0.2) is 47.6 Å². The average molecular weight is 373 g/mol. The van der Waals surface area contributed by atoms with Crippen LogP contribution >= 0.6 is 0 Å².